The van der Waals surface area contributed by atoms with E-state index in [0.29, 0.717) is 25.3 Å². The Bertz CT molecular complexity index is 410. The van der Waals surface area contributed by atoms with E-state index in [1.807, 2.05) is 0 Å². The summed E-state index contributed by atoms with van der Waals surface area (Å²) in [5.41, 5.74) is 1.04. The lowest BCUT2D eigenvalue weighted by atomic mass is 10.3. The summed E-state index contributed by atoms with van der Waals surface area (Å²) in [6.45, 7) is 11.6. The number of rotatable bonds is 10. The van der Waals surface area contributed by atoms with Gasteiger partial charge in [-0.1, -0.05) is 13.8 Å². The zero-order valence-corrected chi connectivity index (χ0v) is 14.9. The molecule has 122 valence electrons. The highest BCUT2D eigenvalue weighted by Gasteiger charge is 2.19. The van der Waals surface area contributed by atoms with Crippen LogP contribution in [0.3, 0.4) is 0 Å². The van der Waals surface area contributed by atoms with Crippen molar-refractivity contribution in [3.63, 3.8) is 0 Å². The molecule has 0 aliphatic rings. The molecule has 1 unspecified atom stereocenters. The number of ether oxygens (including phenoxy) is 2. The minimum Gasteiger partial charge on any atom is -0.383 e. The standard InChI is InChI=1S/C15H29N3O2S/c1-7-18(12(4)9-19-5)15-17-13(10-20-6)14(21-15)8-16-11(2)3/h11-12,16H,7-10H2,1-6H3. The molecule has 1 aromatic heterocycles. The second-order valence-corrected chi connectivity index (χ2v) is 6.49. The third-order valence-electron chi connectivity index (χ3n) is 3.25. The Labute approximate surface area is 132 Å². The maximum atomic E-state index is 5.28. The van der Waals surface area contributed by atoms with E-state index in [1.54, 1.807) is 25.6 Å². The van der Waals surface area contributed by atoms with Crippen molar-refractivity contribution in [2.75, 3.05) is 32.3 Å². The van der Waals surface area contributed by atoms with Crippen LogP contribution >= 0.6 is 11.3 Å². The molecular weight excluding hydrogens is 286 g/mol. The predicted octanol–water partition coefficient (Wildman–Crippen LogP) is 2.65. The maximum absolute atomic E-state index is 5.28. The molecule has 0 aliphatic heterocycles. The summed E-state index contributed by atoms with van der Waals surface area (Å²) >= 11 is 1.75. The largest absolute Gasteiger partial charge is 0.383 e. The molecule has 1 heterocycles. The summed E-state index contributed by atoms with van der Waals surface area (Å²) in [7, 11) is 3.45. The number of anilines is 1. The predicted molar refractivity (Wildman–Crippen MR) is 89.2 cm³/mol. The first-order valence-electron chi connectivity index (χ1n) is 7.49. The van der Waals surface area contributed by atoms with E-state index in [0.717, 1.165) is 23.9 Å². The second kappa shape index (κ2) is 9.35. The fraction of sp³-hybridized carbons (Fsp3) is 0.800. The van der Waals surface area contributed by atoms with Gasteiger partial charge in [-0.2, -0.15) is 0 Å². The Morgan fingerprint density at radius 2 is 1.95 bits per heavy atom. The van der Waals surface area contributed by atoms with Crippen molar-refractivity contribution in [1.82, 2.24) is 10.3 Å². The smallest absolute Gasteiger partial charge is 0.186 e. The van der Waals surface area contributed by atoms with E-state index >= 15 is 0 Å². The van der Waals surface area contributed by atoms with Gasteiger partial charge in [-0.25, -0.2) is 4.98 Å². The van der Waals surface area contributed by atoms with Crippen LogP contribution in [0.2, 0.25) is 0 Å². The van der Waals surface area contributed by atoms with E-state index in [1.165, 1.54) is 4.88 Å². The molecule has 0 aliphatic carbocycles. The van der Waals surface area contributed by atoms with Crippen molar-refractivity contribution >= 4 is 16.5 Å². The van der Waals surface area contributed by atoms with E-state index in [4.69, 9.17) is 14.5 Å². The van der Waals surface area contributed by atoms with Gasteiger partial charge in [0.05, 0.1) is 24.9 Å². The Balaban J connectivity index is 2.92. The molecule has 5 nitrogen and oxygen atoms in total. The first-order chi connectivity index (χ1) is 10.0. The van der Waals surface area contributed by atoms with Gasteiger partial charge < -0.3 is 19.7 Å². The number of thiazole rings is 1. The maximum Gasteiger partial charge on any atom is 0.186 e. The fourth-order valence-electron chi connectivity index (χ4n) is 2.14. The van der Waals surface area contributed by atoms with Crippen LogP contribution in [0, 0.1) is 0 Å². The molecule has 1 atom stereocenters. The van der Waals surface area contributed by atoms with Crippen LogP contribution in [-0.4, -0.2) is 44.4 Å². The number of nitrogens with one attached hydrogen (secondary N) is 1. The van der Waals surface area contributed by atoms with Crippen molar-refractivity contribution in [3.05, 3.63) is 10.6 Å². The average molecular weight is 315 g/mol. The van der Waals surface area contributed by atoms with E-state index < -0.39 is 0 Å². The topological polar surface area (TPSA) is 46.6 Å². The summed E-state index contributed by atoms with van der Waals surface area (Å²) in [6, 6.07) is 0.771. The first kappa shape index (κ1) is 18.4. The van der Waals surface area contributed by atoms with Gasteiger partial charge in [0.15, 0.2) is 5.13 Å². The molecule has 0 saturated carbocycles. The lowest BCUT2D eigenvalue weighted by Gasteiger charge is -2.26. The number of nitrogens with zero attached hydrogens (tertiary/aromatic N) is 2. The van der Waals surface area contributed by atoms with Crippen LogP contribution < -0.4 is 10.2 Å². The van der Waals surface area contributed by atoms with Gasteiger partial charge in [-0.3, -0.25) is 0 Å². The van der Waals surface area contributed by atoms with Gasteiger partial charge in [-0.05, 0) is 13.8 Å². The number of aromatic nitrogens is 1. The van der Waals surface area contributed by atoms with Gasteiger partial charge >= 0.3 is 0 Å². The average Bonchev–Trinajstić information content (AvgIpc) is 2.81. The third-order valence-corrected chi connectivity index (χ3v) is 4.38. The van der Waals surface area contributed by atoms with Gasteiger partial charge in [-0.15, -0.1) is 11.3 Å². The SMILES string of the molecule is CCN(c1nc(COC)c(CNC(C)C)s1)C(C)COC. The molecule has 0 saturated heterocycles. The number of likely N-dealkylation sites (N-methyl/N-ethyl adjacent to an activating group) is 1. The third kappa shape index (κ3) is 5.54. The quantitative estimate of drug-likeness (QED) is 0.719. The van der Waals surface area contributed by atoms with Crippen molar-refractivity contribution in [1.29, 1.82) is 0 Å². The van der Waals surface area contributed by atoms with Crippen molar-refractivity contribution in [3.8, 4) is 0 Å². The fourth-order valence-corrected chi connectivity index (χ4v) is 3.32. The summed E-state index contributed by atoms with van der Waals surface area (Å²) < 4.78 is 10.6. The second-order valence-electron chi connectivity index (χ2n) is 5.43. The number of hydrogen-bond acceptors (Lipinski definition) is 6. The zero-order valence-electron chi connectivity index (χ0n) is 14.1. The van der Waals surface area contributed by atoms with Gasteiger partial charge in [0.2, 0.25) is 0 Å². The van der Waals surface area contributed by atoms with Crippen LogP contribution in [0.4, 0.5) is 5.13 Å². The molecule has 21 heavy (non-hydrogen) atoms. The highest BCUT2D eigenvalue weighted by Crippen LogP contribution is 2.28. The van der Waals surface area contributed by atoms with Crippen LogP contribution in [-0.2, 0) is 22.6 Å². The molecule has 1 aromatic rings. The molecule has 6 heteroatoms. The molecule has 0 fully saturated rings. The normalized spacial score (nSPS) is 12.9. The highest BCUT2D eigenvalue weighted by molar-refractivity contribution is 7.15. The van der Waals surface area contributed by atoms with E-state index in [-0.39, 0.29) is 0 Å². The van der Waals surface area contributed by atoms with E-state index in [9.17, 15) is 0 Å². The molecular formula is C15H29N3O2S. The molecule has 0 spiro atoms. The van der Waals surface area contributed by atoms with E-state index in [2.05, 4.69) is 37.9 Å². The summed E-state index contributed by atoms with van der Waals surface area (Å²) in [5.74, 6) is 0. The van der Waals surface area contributed by atoms with Gasteiger partial charge in [0.1, 0.15) is 0 Å². The molecule has 1 rings (SSSR count). The molecule has 0 amide bonds. The van der Waals surface area contributed by atoms with Crippen molar-refractivity contribution in [2.24, 2.45) is 0 Å². The van der Waals surface area contributed by atoms with Gasteiger partial charge in [0.25, 0.3) is 0 Å². The van der Waals surface area contributed by atoms with Crippen molar-refractivity contribution < 1.29 is 9.47 Å². The van der Waals surface area contributed by atoms with Crippen LogP contribution in [0.25, 0.3) is 0 Å². The van der Waals surface area contributed by atoms with Crippen LogP contribution in [0.1, 0.15) is 38.3 Å². The molecule has 0 bridgehead atoms. The Hall–Kier alpha value is -0.690. The Morgan fingerprint density at radius 3 is 2.48 bits per heavy atom. The van der Waals surface area contributed by atoms with Crippen LogP contribution in [0.15, 0.2) is 0 Å². The first-order valence-corrected chi connectivity index (χ1v) is 8.31. The lowest BCUT2D eigenvalue weighted by Crippen LogP contribution is -2.36. The highest BCUT2D eigenvalue weighted by atomic mass is 32.1. The monoisotopic (exact) mass is 315 g/mol. The minimum absolute atomic E-state index is 0.312. The Morgan fingerprint density at radius 1 is 1.24 bits per heavy atom. The van der Waals surface area contributed by atoms with Gasteiger partial charge in [0, 0.05) is 38.2 Å². The minimum atomic E-state index is 0.312. The molecule has 1 N–H and O–H groups in total. The molecule has 0 radical (unpaired) electrons. The lowest BCUT2D eigenvalue weighted by molar-refractivity contribution is 0.179. The summed E-state index contributed by atoms with van der Waals surface area (Å²) in [6.07, 6.45) is 0. The molecule has 0 aromatic carbocycles. The van der Waals surface area contributed by atoms with Crippen LogP contribution in [0.5, 0.6) is 0 Å². The summed E-state index contributed by atoms with van der Waals surface area (Å²) in [4.78, 5) is 8.31. The number of hydrogen-bond donors (Lipinski definition) is 1. The Kier molecular flexibility index (Phi) is 8.18. The zero-order chi connectivity index (χ0) is 15.8. The van der Waals surface area contributed by atoms with Crippen molar-refractivity contribution in [2.45, 2.75) is 52.9 Å². The number of methoxy groups -OCH3 is 2. The summed E-state index contributed by atoms with van der Waals surface area (Å²) in [5, 5.41) is 4.51.